The zero-order valence-electron chi connectivity index (χ0n) is 11.2. The van der Waals surface area contributed by atoms with Crippen LogP contribution >= 0.6 is 27.3 Å². The molecule has 0 radical (unpaired) electrons. The fourth-order valence-electron chi connectivity index (χ4n) is 1.90. The van der Waals surface area contributed by atoms with Crippen molar-refractivity contribution in [2.75, 3.05) is 7.11 Å². The fraction of sp³-hybridized carbons (Fsp3) is 0.615. The lowest BCUT2D eigenvalue weighted by molar-refractivity contribution is -0.143. The molecule has 5 heteroatoms. The normalized spacial score (nSPS) is 13.4. The molecule has 0 aromatic carbocycles. The van der Waals surface area contributed by atoms with Crippen molar-refractivity contribution in [1.82, 2.24) is 0 Å². The first-order valence-electron chi connectivity index (χ1n) is 5.83. The van der Waals surface area contributed by atoms with E-state index in [2.05, 4.69) is 28.9 Å². The van der Waals surface area contributed by atoms with Crippen LogP contribution in [0.3, 0.4) is 0 Å². The quantitative estimate of drug-likeness (QED) is 0.834. The molecule has 1 heterocycles. The number of methoxy groups -OCH3 is 1. The second-order valence-electron chi connectivity index (χ2n) is 5.28. The van der Waals surface area contributed by atoms with Gasteiger partial charge in [0.1, 0.15) is 0 Å². The number of hydrogen-bond donors (Lipinski definition) is 1. The van der Waals surface area contributed by atoms with Gasteiger partial charge in [-0.25, -0.2) is 0 Å². The van der Waals surface area contributed by atoms with Crippen molar-refractivity contribution in [3.05, 3.63) is 20.3 Å². The summed E-state index contributed by atoms with van der Waals surface area (Å²) in [5, 5.41) is 0. The van der Waals surface area contributed by atoms with E-state index >= 15 is 0 Å². The predicted molar refractivity (Wildman–Crippen MR) is 78.7 cm³/mol. The lowest BCUT2D eigenvalue weighted by Gasteiger charge is -2.26. The van der Waals surface area contributed by atoms with Gasteiger partial charge in [0, 0.05) is 20.3 Å². The molecule has 0 fully saturated rings. The highest BCUT2D eigenvalue weighted by Gasteiger charge is 2.26. The maximum atomic E-state index is 11.3. The number of thiophene rings is 1. The summed E-state index contributed by atoms with van der Waals surface area (Å²) in [6.07, 6.45) is 1.15. The van der Waals surface area contributed by atoms with Gasteiger partial charge in [-0.05, 0) is 40.8 Å². The standard InChI is InChI=1S/C13H20BrNO2S/c1-8-9(14)5-11(18-8)10(15)6-13(2,3)7-12(16)17-4/h5,10H,6-7,15H2,1-4H3. The molecule has 0 saturated heterocycles. The Labute approximate surface area is 121 Å². The Kier molecular flexibility index (Phi) is 5.37. The molecular weight excluding hydrogens is 314 g/mol. The number of carbonyl (C=O) groups is 1. The van der Waals surface area contributed by atoms with Crippen LogP contribution in [0, 0.1) is 12.3 Å². The van der Waals surface area contributed by atoms with E-state index in [1.807, 2.05) is 13.8 Å². The average molecular weight is 334 g/mol. The minimum atomic E-state index is -0.184. The van der Waals surface area contributed by atoms with Gasteiger partial charge in [-0.15, -0.1) is 11.3 Å². The van der Waals surface area contributed by atoms with E-state index in [1.54, 1.807) is 11.3 Å². The molecule has 0 bridgehead atoms. The summed E-state index contributed by atoms with van der Waals surface area (Å²) in [5.41, 5.74) is 6.06. The first-order valence-corrected chi connectivity index (χ1v) is 7.44. The third-order valence-electron chi connectivity index (χ3n) is 2.86. The van der Waals surface area contributed by atoms with Gasteiger partial charge in [0.15, 0.2) is 0 Å². The van der Waals surface area contributed by atoms with Gasteiger partial charge in [0.2, 0.25) is 0 Å². The number of ether oxygens (including phenoxy) is 1. The van der Waals surface area contributed by atoms with E-state index in [-0.39, 0.29) is 17.4 Å². The Morgan fingerprint density at radius 2 is 2.22 bits per heavy atom. The molecule has 1 aromatic heterocycles. The van der Waals surface area contributed by atoms with Gasteiger partial charge in [-0.3, -0.25) is 4.79 Å². The van der Waals surface area contributed by atoms with Crippen molar-refractivity contribution >= 4 is 33.2 Å². The molecule has 0 aliphatic rings. The summed E-state index contributed by atoms with van der Waals surface area (Å²) >= 11 is 5.20. The van der Waals surface area contributed by atoms with Crippen molar-refractivity contribution in [2.45, 2.75) is 39.7 Å². The average Bonchev–Trinajstić information content (AvgIpc) is 2.58. The first kappa shape index (κ1) is 15.7. The van der Waals surface area contributed by atoms with Crippen molar-refractivity contribution in [3.63, 3.8) is 0 Å². The van der Waals surface area contributed by atoms with Crippen LogP contribution < -0.4 is 5.73 Å². The van der Waals surface area contributed by atoms with Crippen molar-refractivity contribution in [2.24, 2.45) is 11.1 Å². The highest BCUT2D eigenvalue weighted by atomic mass is 79.9. The maximum absolute atomic E-state index is 11.3. The van der Waals surface area contributed by atoms with E-state index in [0.29, 0.717) is 6.42 Å². The summed E-state index contributed by atoms with van der Waals surface area (Å²) in [6, 6.07) is 2.03. The van der Waals surface area contributed by atoms with Crippen LogP contribution in [0.4, 0.5) is 0 Å². The molecule has 0 saturated carbocycles. The topological polar surface area (TPSA) is 52.3 Å². The summed E-state index contributed by atoms with van der Waals surface area (Å²) in [7, 11) is 1.41. The number of halogens is 1. The highest BCUT2D eigenvalue weighted by Crippen LogP contribution is 2.36. The smallest absolute Gasteiger partial charge is 0.306 e. The Hall–Kier alpha value is -0.390. The van der Waals surface area contributed by atoms with Crippen molar-refractivity contribution in [3.8, 4) is 0 Å². The lowest BCUT2D eigenvalue weighted by Crippen LogP contribution is -2.24. The van der Waals surface area contributed by atoms with Crippen LogP contribution in [-0.4, -0.2) is 13.1 Å². The number of carbonyl (C=O) groups excluding carboxylic acids is 1. The molecular formula is C13H20BrNO2S. The van der Waals surface area contributed by atoms with Gasteiger partial charge >= 0.3 is 5.97 Å². The molecule has 1 rings (SSSR count). The van der Waals surface area contributed by atoms with Gasteiger partial charge in [0.05, 0.1) is 13.5 Å². The fourth-order valence-corrected chi connectivity index (χ4v) is 3.46. The van der Waals surface area contributed by atoms with E-state index in [1.165, 1.54) is 12.0 Å². The van der Waals surface area contributed by atoms with Crippen LogP contribution in [0.1, 0.15) is 42.5 Å². The molecule has 0 aliphatic heterocycles. The van der Waals surface area contributed by atoms with Crippen molar-refractivity contribution in [1.29, 1.82) is 0 Å². The summed E-state index contributed by atoms with van der Waals surface area (Å²) in [5.74, 6) is -0.184. The maximum Gasteiger partial charge on any atom is 0.306 e. The van der Waals surface area contributed by atoms with E-state index in [9.17, 15) is 4.79 Å². The zero-order valence-corrected chi connectivity index (χ0v) is 13.7. The molecule has 1 aromatic rings. The molecule has 0 spiro atoms. The minimum Gasteiger partial charge on any atom is -0.469 e. The SMILES string of the molecule is COC(=O)CC(C)(C)CC(N)c1cc(Br)c(C)s1. The van der Waals surface area contributed by atoms with Crippen LogP contribution in [0.5, 0.6) is 0 Å². The van der Waals surface area contributed by atoms with Crippen LogP contribution in [-0.2, 0) is 9.53 Å². The van der Waals surface area contributed by atoms with Crippen LogP contribution in [0.25, 0.3) is 0 Å². The lowest BCUT2D eigenvalue weighted by atomic mass is 9.82. The Balaban J connectivity index is 2.68. The molecule has 0 aliphatic carbocycles. The van der Waals surface area contributed by atoms with E-state index in [4.69, 9.17) is 10.5 Å². The number of esters is 1. The molecule has 3 nitrogen and oxygen atoms in total. The third-order valence-corrected chi connectivity index (χ3v) is 5.13. The third kappa shape index (κ3) is 4.37. The van der Waals surface area contributed by atoms with Gasteiger partial charge in [-0.2, -0.15) is 0 Å². The molecule has 1 atom stereocenters. The highest BCUT2D eigenvalue weighted by molar-refractivity contribution is 9.10. The Morgan fingerprint density at radius 1 is 1.61 bits per heavy atom. The van der Waals surface area contributed by atoms with E-state index < -0.39 is 0 Å². The molecule has 0 amide bonds. The molecule has 102 valence electrons. The second-order valence-corrected chi connectivity index (χ2v) is 7.42. The number of aryl methyl sites for hydroxylation is 1. The van der Waals surface area contributed by atoms with Gasteiger partial charge < -0.3 is 10.5 Å². The predicted octanol–water partition coefficient (Wildman–Crippen LogP) is 3.80. The first-order chi connectivity index (χ1) is 8.25. The summed E-state index contributed by atoms with van der Waals surface area (Å²) < 4.78 is 5.81. The largest absolute Gasteiger partial charge is 0.469 e. The minimum absolute atomic E-state index is 0.0420. The van der Waals surface area contributed by atoms with Crippen LogP contribution in [0.15, 0.2) is 10.5 Å². The Bertz CT molecular complexity index is 409. The second kappa shape index (κ2) is 6.17. The van der Waals surface area contributed by atoms with Gasteiger partial charge in [-0.1, -0.05) is 13.8 Å². The molecule has 18 heavy (non-hydrogen) atoms. The zero-order chi connectivity index (χ0) is 13.9. The number of hydrogen-bond acceptors (Lipinski definition) is 4. The summed E-state index contributed by atoms with van der Waals surface area (Å²) in [4.78, 5) is 13.7. The molecule has 1 unspecified atom stereocenters. The molecule has 2 N–H and O–H groups in total. The summed E-state index contributed by atoms with van der Waals surface area (Å²) in [6.45, 7) is 6.14. The van der Waals surface area contributed by atoms with E-state index in [0.717, 1.165) is 15.8 Å². The monoisotopic (exact) mass is 333 g/mol. The van der Waals surface area contributed by atoms with Crippen molar-refractivity contribution < 1.29 is 9.53 Å². The Morgan fingerprint density at radius 3 is 2.67 bits per heavy atom. The van der Waals surface area contributed by atoms with Crippen LogP contribution in [0.2, 0.25) is 0 Å². The van der Waals surface area contributed by atoms with Gasteiger partial charge in [0.25, 0.3) is 0 Å². The number of nitrogens with two attached hydrogens (primary N) is 1. The number of rotatable bonds is 5.